The molecule has 0 aliphatic carbocycles. The molecule has 1 aromatic carbocycles. The Bertz CT molecular complexity index is 657. The summed E-state index contributed by atoms with van der Waals surface area (Å²) in [5.74, 6) is 0. The maximum absolute atomic E-state index is 5.65. The van der Waals surface area contributed by atoms with E-state index in [1.54, 1.807) is 12.4 Å². The van der Waals surface area contributed by atoms with Crippen molar-refractivity contribution in [2.45, 2.75) is 6.54 Å². The first-order chi connectivity index (χ1) is 8.38. The molecule has 3 N–H and O–H groups in total. The van der Waals surface area contributed by atoms with Crippen LogP contribution in [-0.4, -0.2) is 15.0 Å². The molecule has 0 bridgehead atoms. The lowest BCUT2D eigenvalue weighted by molar-refractivity contribution is 1.07. The Balaban J connectivity index is 2.20. The Morgan fingerprint density at radius 3 is 2.94 bits per heavy atom. The van der Waals surface area contributed by atoms with Crippen LogP contribution >= 0.6 is 0 Å². The molecule has 3 rings (SSSR count). The second kappa shape index (κ2) is 3.99. The van der Waals surface area contributed by atoms with Gasteiger partial charge in [-0.2, -0.15) is 0 Å². The summed E-state index contributed by atoms with van der Waals surface area (Å²) < 4.78 is 0. The number of aromatic nitrogens is 3. The molecule has 17 heavy (non-hydrogen) atoms. The van der Waals surface area contributed by atoms with E-state index in [2.05, 4.69) is 27.1 Å². The molecule has 0 fully saturated rings. The molecule has 0 saturated heterocycles. The summed E-state index contributed by atoms with van der Waals surface area (Å²) in [6.07, 6.45) is 5.31. The molecule has 0 unspecified atom stereocenters. The van der Waals surface area contributed by atoms with Crippen molar-refractivity contribution in [3.8, 4) is 11.1 Å². The number of rotatable bonds is 2. The Labute approximate surface area is 98.5 Å². The van der Waals surface area contributed by atoms with Gasteiger partial charge in [-0.15, -0.1) is 0 Å². The maximum atomic E-state index is 5.65. The Morgan fingerprint density at radius 1 is 1.18 bits per heavy atom. The summed E-state index contributed by atoms with van der Waals surface area (Å²) in [7, 11) is 0. The number of H-pyrrole nitrogens is 1. The van der Waals surface area contributed by atoms with E-state index in [0.29, 0.717) is 6.54 Å². The molecular formula is C13H12N4. The first-order valence-electron chi connectivity index (χ1n) is 5.46. The van der Waals surface area contributed by atoms with Crippen LogP contribution in [0.2, 0.25) is 0 Å². The average Bonchev–Trinajstić information content (AvgIpc) is 2.82. The van der Waals surface area contributed by atoms with Crippen molar-refractivity contribution < 1.29 is 0 Å². The normalized spacial score (nSPS) is 10.9. The number of nitrogens with zero attached hydrogens (tertiary/aromatic N) is 2. The maximum Gasteiger partial charge on any atom is 0.156 e. The molecule has 4 nitrogen and oxygen atoms in total. The van der Waals surface area contributed by atoms with Crippen LogP contribution in [0.5, 0.6) is 0 Å². The minimum Gasteiger partial charge on any atom is -0.344 e. The van der Waals surface area contributed by atoms with Gasteiger partial charge in [-0.1, -0.05) is 18.2 Å². The molecule has 0 amide bonds. The van der Waals surface area contributed by atoms with Gasteiger partial charge in [-0.25, -0.2) is 4.98 Å². The second-order valence-corrected chi connectivity index (χ2v) is 3.86. The first-order valence-corrected chi connectivity index (χ1v) is 5.46. The number of aromatic amines is 1. The van der Waals surface area contributed by atoms with Crippen molar-refractivity contribution in [2.24, 2.45) is 5.73 Å². The summed E-state index contributed by atoms with van der Waals surface area (Å²) >= 11 is 0. The van der Waals surface area contributed by atoms with Gasteiger partial charge >= 0.3 is 0 Å². The third kappa shape index (κ3) is 1.68. The van der Waals surface area contributed by atoms with Crippen molar-refractivity contribution in [3.05, 3.63) is 48.4 Å². The van der Waals surface area contributed by atoms with E-state index in [4.69, 9.17) is 5.73 Å². The van der Waals surface area contributed by atoms with Crippen LogP contribution in [-0.2, 0) is 6.54 Å². The van der Waals surface area contributed by atoms with Crippen LogP contribution in [0.25, 0.3) is 22.3 Å². The lowest BCUT2D eigenvalue weighted by Crippen LogP contribution is -1.95. The number of benzene rings is 1. The van der Waals surface area contributed by atoms with Crippen molar-refractivity contribution in [3.63, 3.8) is 0 Å². The molecule has 84 valence electrons. The largest absolute Gasteiger partial charge is 0.344 e. The summed E-state index contributed by atoms with van der Waals surface area (Å²) in [6.45, 7) is 0.544. The first kappa shape index (κ1) is 9.99. The van der Waals surface area contributed by atoms with Gasteiger partial charge in [0.1, 0.15) is 5.52 Å². The summed E-state index contributed by atoms with van der Waals surface area (Å²) in [5, 5.41) is 0. The number of fused-ring (bicyclic) bond motifs is 1. The van der Waals surface area contributed by atoms with E-state index in [1.807, 2.05) is 18.3 Å². The van der Waals surface area contributed by atoms with Gasteiger partial charge in [0, 0.05) is 30.7 Å². The predicted octanol–water partition coefficient (Wildman–Crippen LogP) is 2.08. The Hall–Kier alpha value is -2.20. The van der Waals surface area contributed by atoms with E-state index in [0.717, 1.165) is 27.9 Å². The SMILES string of the molecule is NCc1cccc(-c2c[nH]c3nccnc23)c1. The zero-order chi connectivity index (χ0) is 11.7. The van der Waals surface area contributed by atoms with E-state index in [-0.39, 0.29) is 0 Å². The highest BCUT2D eigenvalue weighted by Crippen LogP contribution is 2.26. The molecule has 0 aliphatic rings. The molecule has 0 spiro atoms. The van der Waals surface area contributed by atoms with Crippen molar-refractivity contribution in [2.75, 3.05) is 0 Å². The highest BCUT2D eigenvalue weighted by atomic mass is 14.9. The molecule has 0 radical (unpaired) electrons. The second-order valence-electron chi connectivity index (χ2n) is 3.86. The quantitative estimate of drug-likeness (QED) is 0.700. The van der Waals surface area contributed by atoms with Crippen molar-refractivity contribution in [1.82, 2.24) is 15.0 Å². The summed E-state index contributed by atoms with van der Waals surface area (Å²) in [4.78, 5) is 11.7. The minimum absolute atomic E-state index is 0.544. The van der Waals surface area contributed by atoms with Gasteiger partial charge in [0.15, 0.2) is 5.65 Å². The average molecular weight is 224 g/mol. The summed E-state index contributed by atoms with van der Waals surface area (Å²) in [6, 6.07) is 8.16. The molecule has 4 heteroatoms. The number of nitrogens with one attached hydrogen (secondary N) is 1. The number of hydrogen-bond acceptors (Lipinski definition) is 3. The van der Waals surface area contributed by atoms with E-state index >= 15 is 0 Å². The molecule has 0 saturated carbocycles. The fraction of sp³-hybridized carbons (Fsp3) is 0.0769. The van der Waals surface area contributed by atoms with Crippen molar-refractivity contribution in [1.29, 1.82) is 0 Å². The zero-order valence-corrected chi connectivity index (χ0v) is 9.22. The van der Waals surface area contributed by atoms with Gasteiger partial charge in [-0.05, 0) is 17.2 Å². The molecule has 2 aromatic heterocycles. The fourth-order valence-corrected chi connectivity index (χ4v) is 1.94. The van der Waals surface area contributed by atoms with E-state index in [9.17, 15) is 0 Å². The van der Waals surface area contributed by atoms with Gasteiger partial charge in [-0.3, -0.25) is 4.98 Å². The Kier molecular flexibility index (Phi) is 2.34. The zero-order valence-electron chi connectivity index (χ0n) is 9.22. The Morgan fingerprint density at radius 2 is 2.06 bits per heavy atom. The highest BCUT2D eigenvalue weighted by molar-refractivity contribution is 5.90. The highest BCUT2D eigenvalue weighted by Gasteiger charge is 2.07. The van der Waals surface area contributed by atoms with Crippen LogP contribution in [0, 0.1) is 0 Å². The minimum atomic E-state index is 0.544. The standard InChI is InChI=1S/C13H12N4/c14-7-9-2-1-3-10(6-9)11-8-17-13-12(11)15-4-5-16-13/h1-6,8H,7,14H2,(H,16,17). The van der Waals surface area contributed by atoms with Gasteiger partial charge in [0.05, 0.1) is 0 Å². The fourth-order valence-electron chi connectivity index (χ4n) is 1.94. The van der Waals surface area contributed by atoms with Gasteiger partial charge < -0.3 is 10.7 Å². The molecule has 3 aromatic rings. The topological polar surface area (TPSA) is 67.6 Å². The van der Waals surface area contributed by atoms with Crippen molar-refractivity contribution >= 4 is 11.2 Å². The lowest BCUT2D eigenvalue weighted by Gasteiger charge is -2.01. The molecule has 0 aliphatic heterocycles. The monoisotopic (exact) mass is 224 g/mol. The van der Waals surface area contributed by atoms with Crippen LogP contribution in [0.1, 0.15) is 5.56 Å². The summed E-state index contributed by atoms with van der Waals surface area (Å²) in [5.41, 5.74) is 10.6. The van der Waals surface area contributed by atoms with Crippen LogP contribution in [0.4, 0.5) is 0 Å². The third-order valence-corrected chi connectivity index (χ3v) is 2.78. The van der Waals surface area contributed by atoms with Gasteiger partial charge in [0.2, 0.25) is 0 Å². The van der Waals surface area contributed by atoms with Crippen LogP contribution < -0.4 is 5.73 Å². The van der Waals surface area contributed by atoms with Crippen LogP contribution in [0.15, 0.2) is 42.9 Å². The smallest absolute Gasteiger partial charge is 0.156 e. The van der Waals surface area contributed by atoms with E-state index in [1.165, 1.54) is 0 Å². The van der Waals surface area contributed by atoms with E-state index < -0.39 is 0 Å². The molecule has 0 atom stereocenters. The lowest BCUT2D eigenvalue weighted by atomic mass is 10.1. The molecular weight excluding hydrogens is 212 g/mol. The number of hydrogen-bond donors (Lipinski definition) is 2. The third-order valence-electron chi connectivity index (χ3n) is 2.78. The van der Waals surface area contributed by atoms with Gasteiger partial charge in [0.25, 0.3) is 0 Å². The molecule has 2 heterocycles. The number of nitrogens with two attached hydrogens (primary N) is 1. The van der Waals surface area contributed by atoms with Crippen LogP contribution in [0.3, 0.4) is 0 Å². The predicted molar refractivity (Wildman–Crippen MR) is 67.2 cm³/mol.